The molecule has 0 aromatic carbocycles. The third-order valence-corrected chi connectivity index (χ3v) is 11.0. The van der Waals surface area contributed by atoms with Crippen molar-refractivity contribution in [3.8, 4) is 0 Å². The van der Waals surface area contributed by atoms with Gasteiger partial charge in [0, 0.05) is 6.61 Å². The largest absolute Gasteiger partial charge is 0.396 e. The van der Waals surface area contributed by atoms with Crippen molar-refractivity contribution in [1.82, 2.24) is 0 Å². The maximum atomic E-state index is 8.79. The van der Waals surface area contributed by atoms with E-state index in [4.69, 9.17) is 16.2 Å². The van der Waals surface area contributed by atoms with E-state index in [2.05, 4.69) is 13.1 Å². The molecular formula is C37H77ClOSi. The first-order valence-corrected chi connectivity index (χ1v) is 23.1. The predicted molar refractivity (Wildman–Crippen MR) is 188 cm³/mol. The van der Waals surface area contributed by atoms with Gasteiger partial charge in [0.05, 0.1) is 0 Å². The lowest BCUT2D eigenvalue weighted by Crippen LogP contribution is -2.14. The van der Waals surface area contributed by atoms with Gasteiger partial charge in [0.2, 0.25) is 0 Å². The fourth-order valence-corrected chi connectivity index (χ4v) is 7.63. The van der Waals surface area contributed by atoms with E-state index in [-0.39, 0.29) is 0 Å². The highest BCUT2D eigenvalue weighted by molar-refractivity contribution is 7.19. The monoisotopic (exact) mass is 601 g/mol. The van der Waals surface area contributed by atoms with Crippen LogP contribution < -0.4 is 0 Å². The standard InChI is InChI=1S/C37H77ClOSi/c1-40(2,38)37-35-33-31-29-27-25-23-21-19-17-15-13-11-9-7-5-3-4-6-8-10-12-14-16-18-20-22-24-26-28-30-32-34-36-39/h39H,3-37H2,1-2H3. The minimum absolute atomic E-state index is 0.373. The van der Waals surface area contributed by atoms with Crippen molar-refractivity contribution in [3.05, 3.63) is 0 Å². The second-order valence-electron chi connectivity index (χ2n) is 13.9. The second-order valence-corrected chi connectivity index (χ2v) is 20.9. The molecular weight excluding hydrogens is 524 g/mol. The molecule has 1 N–H and O–H groups in total. The van der Waals surface area contributed by atoms with Crippen molar-refractivity contribution in [2.75, 3.05) is 6.61 Å². The number of rotatable bonds is 35. The Labute approximate surface area is 260 Å². The van der Waals surface area contributed by atoms with Crippen molar-refractivity contribution >= 4 is 18.5 Å². The van der Waals surface area contributed by atoms with Crippen LogP contribution in [-0.2, 0) is 0 Å². The van der Waals surface area contributed by atoms with Crippen molar-refractivity contribution in [3.63, 3.8) is 0 Å². The van der Waals surface area contributed by atoms with Crippen molar-refractivity contribution in [2.24, 2.45) is 0 Å². The van der Waals surface area contributed by atoms with Crippen LogP contribution in [-0.4, -0.2) is 19.1 Å². The van der Waals surface area contributed by atoms with Crippen LogP contribution in [0.1, 0.15) is 212 Å². The Morgan fingerprint density at radius 2 is 0.450 bits per heavy atom. The molecule has 0 saturated carbocycles. The highest BCUT2D eigenvalue weighted by atomic mass is 35.6. The van der Waals surface area contributed by atoms with Gasteiger partial charge in [0.1, 0.15) is 7.38 Å². The van der Waals surface area contributed by atoms with Crippen LogP contribution in [0.15, 0.2) is 0 Å². The normalized spacial score (nSPS) is 12.0. The zero-order valence-electron chi connectivity index (χ0n) is 28.1. The number of halogens is 1. The van der Waals surface area contributed by atoms with E-state index in [9.17, 15) is 0 Å². The van der Waals surface area contributed by atoms with Crippen LogP contribution >= 0.6 is 11.1 Å². The van der Waals surface area contributed by atoms with Gasteiger partial charge in [-0.15, -0.1) is 0 Å². The van der Waals surface area contributed by atoms with Crippen LogP contribution in [0, 0.1) is 0 Å². The fraction of sp³-hybridized carbons (Fsp3) is 1.00. The minimum Gasteiger partial charge on any atom is -0.396 e. The molecule has 0 aromatic heterocycles. The first kappa shape index (κ1) is 40.5. The molecule has 0 aliphatic rings. The fourth-order valence-electron chi connectivity index (χ4n) is 6.14. The third kappa shape index (κ3) is 38.5. The Hall–Kier alpha value is 0.467. The molecule has 0 spiro atoms. The Morgan fingerprint density at radius 3 is 0.600 bits per heavy atom. The molecule has 0 bridgehead atoms. The highest BCUT2D eigenvalue weighted by Gasteiger charge is 2.15. The summed E-state index contributed by atoms with van der Waals surface area (Å²) >= 11 is 6.39. The predicted octanol–water partition coefficient (Wildman–Crippen LogP) is 14.3. The SMILES string of the molecule is C[Si](C)(Cl)CCCCCCCCCCCCCCCCCCCCCCCCCCCCCCCCCCCO. The van der Waals surface area contributed by atoms with Crippen LogP contribution in [0.25, 0.3) is 0 Å². The molecule has 0 fully saturated rings. The van der Waals surface area contributed by atoms with E-state index in [1.54, 1.807) is 0 Å². The van der Waals surface area contributed by atoms with Crippen LogP contribution in [0.2, 0.25) is 19.1 Å². The van der Waals surface area contributed by atoms with E-state index in [0.29, 0.717) is 6.61 Å². The summed E-state index contributed by atoms with van der Waals surface area (Å²) in [6.45, 7) is 4.92. The molecule has 0 rings (SSSR count). The maximum absolute atomic E-state index is 8.79. The topological polar surface area (TPSA) is 20.2 Å². The summed E-state index contributed by atoms with van der Waals surface area (Å²) in [5, 5.41) is 8.79. The molecule has 0 saturated heterocycles. The van der Waals surface area contributed by atoms with Gasteiger partial charge >= 0.3 is 0 Å². The van der Waals surface area contributed by atoms with E-state index in [1.807, 2.05) is 0 Å². The number of aliphatic hydroxyl groups is 1. The van der Waals surface area contributed by atoms with Gasteiger partial charge < -0.3 is 5.11 Å². The molecule has 0 aliphatic carbocycles. The average Bonchev–Trinajstić information content (AvgIpc) is 2.92. The summed E-state index contributed by atoms with van der Waals surface area (Å²) in [6, 6.07) is 1.30. The quantitative estimate of drug-likeness (QED) is 0.0435. The zero-order valence-corrected chi connectivity index (χ0v) is 29.8. The summed E-state index contributed by atoms with van der Waals surface area (Å²) < 4.78 is 0. The molecule has 0 atom stereocenters. The van der Waals surface area contributed by atoms with Gasteiger partial charge in [-0.1, -0.05) is 219 Å². The number of hydrogen-bond donors (Lipinski definition) is 1. The number of hydrogen-bond acceptors (Lipinski definition) is 1. The van der Waals surface area contributed by atoms with Gasteiger partial charge in [-0.25, -0.2) is 0 Å². The van der Waals surface area contributed by atoms with Gasteiger partial charge in [-0.3, -0.25) is 0 Å². The van der Waals surface area contributed by atoms with Crippen molar-refractivity contribution in [1.29, 1.82) is 0 Å². The Bertz CT molecular complexity index is 450. The summed E-state index contributed by atoms with van der Waals surface area (Å²) in [4.78, 5) is 0. The molecule has 0 heterocycles. The van der Waals surface area contributed by atoms with Crippen LogP contribution in [0.3, 0.4) is 0 Å². The molecule has 0 radical (unpaired) electrons. The number of unbranched alkanes of at least 4 members (excludes halogenated alkanes) is 32. The van der Waals surface area contributed by atoms with Crippen molar-refractivity contribution in [2.45, 2.75) is 231 Å². The summed E-state index contributed by atoms with van der Waals surface area (Å²) in [7, 11) is -1.31. The maximum Gasteiger partial charge on any atom is 0.150 e. The van der Waals surface area contributed by atoms with E-state index in [0.717, 1.165) is 6.42 Å². The molecule has 242 valence electrons. The molecule has 0 unspecified atom stereocenters. The van der Waals surface area contributed by atoms with Crippen LogP contribution in [0.4, 0.5) is 0 Å². The van der Waals surface area contributed by atoms with Gasteiger partial charge in [-0.05, 0) is 12.5 Å². The lowest BCUT2D eigenvalue weighted by Gasteiger charge is -2.11. The van der Waals surface area contributed by atoms with E-state index < -0.39 is 7.38 Å². The molecule has 0 aliphatic heterocycles. The van der Waals surface area contributed by atoms with Crippen molar-refractivity contribution < 1.29 is 5.11 Å². The smallest absolute Gasteiger partial charge is 0.150 e. The average molecular weight is 602 g/mol. The lowest BCUT2D eigenvalue weighted by atomic mass is 10.0. The van der Waals surface area contributed by atoms with E-state index in [1.165, 1.54) is 212 Å². The zero-order chi connectivity index (χ0) is 29.2. The molecule has 40 heavy (non-hydrogen) atoms. The van der Waals surface area contributed by atoms with Crippen LogP contribution in [0.5, 0.6) is 0 Å². The second kappa shape index (κ2) is 34.0. The molecule has 3 heteroatoms. The first-order chi connectivity index (χ1) is 19.6. The Balaban J connectivity index is 3.04. The van der Waals surface area contributed by atoms with Gasteiger partial charge in [-0.2, -0.15) is 11.1 Å². The first-order valence-electron chi connectivity index (χ1n) is 18.9. The molecule has 0 aromatic rings. The molecule has 1 nitrogen and oxygen atoms in total. The van der Waals surface area contributed by atoms with Gasteiger partial charge in [0.15, 0.2) is 0 Å². The Kier molecular flexibility index (Phi) is 34.4. The summed E-state index contributed by atoms with van der Waals surface area (Å²) in [5.41, 5.74) is 0. The summed E-state index contributed by atoms with van der Waals surface area (Å²) in [5.74, 6) is 0. The number of aliphatic hydroxyl groups excluding tert-OH is 1. The third-order valence-electron chi connectivity index (χ3n) is 8.93. The lowest BCUT2D eigenvalue weighted by molar-refractivity contribution is 0.282. The Morgan fingerprint density at radius 1 is 0.300 bits per heavy atom. The summed E-state index contributed by atoms with van der Waals surface area (Å²) in [6.07, 6.45) is 47.2. The minimum atomic E-state index is -1.31. The molecule has 0 amide bonds. The van der Waals surface area contributed by atoms with E-state index >= 15 is 0 Å². The van der Waals surface area contributed by atoms with Gasteiger partial charge in [0.25, 0.3) is 0 Å². The highest BCUT2D eigenvalue weighted by Crippen LogP contribution is 2.20.